The molecule has 9 aromatic rings. The summed E-state index contributed by atoms with van der Waals surface area (Å²) in [4.78, 5) is 170. The SMILES string of the molecule is C[Si](C)(C)CCOCN1C(=O)NC(CN2Cc3ccc(F)cc3C2=O)(c2ccc(Br)cc2)C1=O.C[Si](C)(C)CCOCN1C(=O)N[C@@](CN2Cc3ccc(F)cc3C2=O)(c2ccc(-c3ccncc3)cc2)C1=O.C[Si](C)(C)CCOCN1C(=O)N[C@@](CN2Cc3ccc(F)cc3C2=O)(c2ccc(Br)cc2)C1=O.O=C1NC(=O)C(CN2Cc3ccc(F)cc3C2=O)(c2ccc(Br)cc2)N1. The predicted octanol–water partition coefficient (Wildman–Crippen LogP) is 15.5. The molecule has 38 heteroatoms. The predicted molar refractivity (Wildman–Crippen MR) is 503 cm³/mol. The summed E-state index contributed by atoms with van der Waals surface area (Å²) < 4.78 is 74.4. The van der Waals surface area contributed by atoms with Gasteiger partial charge in [-0.25, -0.2) is 51.4 Å². The first-order valence-corrected chi connectivity index (χ1v) is 56.4. The summed E-state index contributed by atoms with van der Waals surface area (Å²) in [6.07, 6.45) is 3.40. The van der Waals surface area contributed by atoms with E-state index >= 15 is 0 Å². The lowest BCUT2D eigenvalue weighted by atomic mass is 9.87. The third-order valence-electron chi connectivity index (χ3n) is 24.0. The molecule has 8 aromatic carbocycles. The number of benzene rings is 8. The lowest BCUT2D eigenvalue weighted by Gasteiger charge is -2.32. The van der Waals surface area contributed by atoms with E-state index in [-0.39, 0.29) is 118 Å². The topological polar surface area (TPSA) is 328 Å². The summed E-state index contributed by atoms with van der Waals surface area (Å²) in [7, 11) is -4.01. The molecule has 9 heterocycles. The first-order valence-electron chi connectivity index (χ1n) is 42.9. The third kappa shape index (κ3) is 21.4. The fourth-order valence-electron chi connectivity index (χ4n) is 16.6. The van der Waals surface area contributed by atoms with Gasteiger partial charge in [0.15, 0.2) is 22.2 Å². The highest BCUT2D eigenvalue weighted by atomic mass is 79.9. The number of rotatable bonds is 28. The number of nitrogens with zero attached hydrogens (tertiary/aromatic N) is 8. The van der Waals surface area contributed by atoms with Crippen LogP contribution in [0.5, 0.6) is 0 Å². The zero-order valence-corrected chi connectivity index (χ0v) is 82.1. The fourth-order valence-corrected chi connectivity index (χ4v) is 19.7. The maximum Gasteiger partial charge on any atom is 0.327 e. The molecule has 0 bridgehead atoms. The first kappa shape index (κ1) is 97.3. The van der Waals surface area contributed by atoms with Crippen LogP contribution in [-0.2, 0) is 81.7 Å². The molecule has 133 heavy (non-hydrogen) atoms. The van der Waals surface area contributed by atoms with E-state index in [1.165, 1.54) is 68.1 Å². The van der Waals surface area contributed by atoms with Crippen LogP contribution in [0.3, 0.4) is 0 Å². The number of hydrogen-bond acceptors (Lipinski definition) is 16. The van der Waals surface area contributed by atoms with Crippen LogP contribution in [-0.4, -0.2) is 201 Å². The van der Waals surface area contributed by atoms with Crippen LogP contribution in [0.15, 0.2) is 208 Å². The number of ether oxygens (including phenoxy) is 3. The van der Waals surface area contributed by atoms with Gasteiger partial charge in [-0.3, -0.25) is 48.7 Å². The van der Waals surface area contributed by atoms with Gasteiger partial charge in [0, 0.05) is 118 Å². The second-order valence-corrected chi connectivity index (χ2v) is 56.9. The molecular weight excluding hydrogens is 1960 g/mol. The monoisotopic (exact) mass is 2060 g/mol. The number of hydrogen-bond donors (Lipinski definition) is 5. The molecule has 4 atom stereocenters. The summed E-state index contributed by atoms with van der Waals surface area (Å²) in [6.45, 7) is 21.5. The molecule has 4 fully saturated rings. The lowest BCUT2D eigenvalue weighted by molar-refractivity contribution is -0.136. The van der Waals surface area contributed by atoms with Gasteiger partial charge in [-0.05, 0) is 171 Å². The number of halogens is 7. The van der Waals surface area contributed by atoms with Crippen molar-refractivity contribution in [2.24, 2.45) is 0 Å². The minimum absolute atomic E-state index is 0.0542. The maximum absolute atomic E-state index is 14.0. The standard InChI is InChI=1S/C29H31FN4O4Si.2C24H27BrFN3O4Si.C18H13BrFN3O3/c1-39(2,3)15-14-38-19-34-27(36)29(32-28(34)37,18-33-17-22-6-9-24(30)16-25(22)26(33)35)23-7-4-20(5-8-23)21-10-12-31-13-11-21;2*1-34(2,3)11-10-33-15-29-22(31)24(27-23(29)32,17-5-7-18(25)8-6-17)14-28-13-16-4-9-19(26)12-20(16)21(28)30;19-12-4-2-11(3-5-12)18(16(25)21-17(26)22-18)9-23-8-10-1-6-13(20)7-14(10)15(23)24/h4-13,16H,14-15,17-19H2,1-3H3,(H,32,37);2*4-9,12H,10-11,13-15H2,1-3H3,(H,27,32);1-7H,8-9H2,(H2,21,22,25,26)/t29-;24-;;/m00../s1. The van der Waals surface area contributed by atoms with E-state index in [0.29, 0.717) is 64.3 Å². The average Bonchev–Trinajstić information content (AvgIpc) is 1.60. The summed E-state index contributed by atoms with van der Waals surface area (Å²) in [5, 5.41) is 13.4. The molecule has 0 aliphatic carbocycles. The van der Waals surface area contributed by atoms with E-state index in [2.05, 4.69) is 138 Å². The number of fused-ring (bicyclic) bond motifs is 4. The Hall–Kier alpha value is -11.8. The molecule has 5 N–H and O–H groups in total. The molecular formula is C95H98Br3F4N13O15Si3. The minimum Gasteiger partial charge on any atom is -0.361 e. The van der Waals surface area contributed by atoms with Crippen molar-refractivity contribution in [3.05, 3.63) is 298 Å². The van der Waals surface area contributed by atoms with Gasteiger partial charge < -0.3 is 55.1 Å². The Labute approximate surface area is 793 Å². The molecule has 8 aliphatic heterocycles. The third-order valence-corrected chi connectivity index (χ3v) is 30.7. The van der Waals surface area contributed by atoms with Crippen LogP contribution < -0.4 is 26.6 Å². The summed E-state index contributed by atoms with van der Waals surface area (Å²) in [6, 6.07) is 48.8. The molecule has 2 unspecified atom stereocenters. The Bertz CT molecular complexity index is 5910. The van der Waals surface area contributed by atoms with Gasteiger partial charge in [-0.15, -0.1) is 0 Å². The Morgan fingerprint density at radius 2 is 0.594 bits per heavy atom. The van der Waals surface area contributed by atoms with E-state index in [0.717, 1.165) is 57.4 Å². The van der Waals surface area contributed by atoms with Gasteiger partial charge in [0.2, 0.25) is 0 Å². The second kappa shape index (κ2) is 39.4. The molecule has 1 aromatic heterocycles. The number of amides is 16. The van der Waals surface area contributed by atoms with Gasteiger partial charge in [0.05, 0.1) is 26.2 Å². The molecule has 28 nitrogen and oxygen atoms in total. The molecule has 4 saturated heterocycles. The number of carbonyl (C=O) groups is 12. The quantitative estimate of drug-likeness (QED) is 0.0132. The van der Waals surface area contributed by atoms with Gasteiger partial charge in [0.1, 0.15) is 43.5 Å². The molecule has 16 amide bonds. The largest absolute Gasteiger partial charge is 0.361 e. The van der Waals surface area contributed by atoms with Crippen LogP contribution in [0.4, 0.5) is 36.7 Å². The highest BCUT2D eigenvalue weighted by molar-refractivity contribution is 9.11. The number of nitrogens with one attached hydrogen (secondary N) is 5. The second-order valence-electron chi connectivity index (χ2n) is 37.2. The van der Waals surface area contributed by atoms with Crippen LogP contribution in [0, 0.1) is 23.3 Å². The van der Waals surface area contributed by atoms with Crippen molar-refractivity contribution in [1.82, 2.24) is 65.9 Å². The average molecular weight is 2060 g/mol. The van der Waals surface area contributed by atoms with E-state index in [9.17, 15) is 75.1 Å². The maximum atomic E-state index is 14.0. The van der Waals surface area contributed by atoms with Crippen molar-refractivity contribution >= 4 is 143 Å². The zero-order chi connectivity index (χ0) is 95.6. The van der Waals surface area contributed by atoms with E-state index in [1.54, 1.807) is 122 Å². The zero-order valence-electron chi connectivity index (χ0n) is 74.3. The number of carbonyl (C=O) groups excluding carboxylic acids is 12. The summed E-state index contributed by atoms with van der Waals surface area (Å²) >= 11 is 10.1. The summed E-state index contributed by atoms with van der Waals surface area (Å²) in [5.74, 6) is -5.49. The van der Waals surface area contributed by atoms with Crippen molar-refractivity contribution in [2.45, 2.75) is 125 Å². The van der Waals surface area contributed by atoms with E-state index < -0.39 is 117 Å². The molecule has 8 aliphatic rings. The number of imide groups is 4. The number of urea groups is 4. The van der Waals surface area contributed by atoms with Crippen molar-refractivity contribution in [1.29, 1.82) is 0 Å². The fraction of sp³-hybridized carbons (Fsp3) is 0.316. The summed E-state index contributed by atoms with van der Waals surface area (Å²) in [5.41, 5.74) is 2.01. The van der Waals surface area contributed by atoms with Crippen molar-refractivity contribution in [3.8, 4) is 11.1 Å². The van der Waals surface area contributed by atoms with Crippen molar-refractivity contribution in [2.75, 3.05) is 66.2 Å². The Morgan fingerprint density at radius 3 is 0.857 bits per heavy atom. The molecule has 0 radical (unpaired) electrons. The van der Waals surface area contributed by atoms with Gasteiger partial charge in [-0.2, -0.15) is 0 Å². The smallest absolute Gasteiger partial charge is 0.327 e. The van der Waals surface area contributed by atoms with E-state index in [4.69, 9.17) is 14.2 Å². The first-order chi connectivity index (χ1) is 63.0. The van der Waals surface area contributed by atoms with Crippen molar-refractivity contribution < 1.29 is 89.3 Å². The van der Waals surface area contributed by atoms with Crippen LogP contribution in [0.2, 0.25) is 77.1 Å². The molecule has 0 saturated carbocycles. The number of pyridine rings is 1. The normalized spacial score (nSPS) is 20.1. The van der Waals surface area contributed by atoms with Crippen LogP contribution in [0.25, 0.3) is 11.1 Å². The van der Waals surface area contributed by atoms with Crippen LogP contribution in [0.1, 0.15) is 85.9 Å². The van der Waals surface area contributed by atoms with Gasteiger partial charge in [0.25, 0.3) is 47.3 Å². The Kier molecular flexibility index (Phi) is 28.8. The minimum atomic E-state index is -1.52. The number of aromatic nitrogens is 1. The molecule has 17 rings (SSSR count). The molecule has 0 spiro atoms. The highest BCUT2D eigenvalue weighted by Crippen LogP contribution is 2.41. The Balaban J connectivity index is 0.000000144. The Morgan fingerprint density at radius 1 is 0.338 bits per heavy atom. The van der Waals surface area contributed by atoms with Crippen molar-refractivity contribution in [3.63, 3.8) is 0 Å². The highest BCUT2D eigenvalue weighted by Gasteiger charge is 2.59. The van der Waals surface area contributed by atoms with Gasteiger partial charge in [-0.1, -0.05) is 192 Å². The lowest BCUT2D eigenvalue weighted by Crippen LogP contribution is -2.53. The van der Waals surface area contributed by atoms with E-state index in [1.807, 2.05) is 24.3 Å². The van der Waals surface area contributed by atoms with Crippen LogP contribution >= 0.6 is 47.8 Å². The molecule has 694 valence electrons. The van der Waals surface area contributed by atoms with Gasteiger partial charge >= 0.3 is 24.1 Å².